The SMILES string of the molecule is CN=C(NCCc1nccn1Cc1ccccc1)N1CCC(COCCOC)C1.I. The minimum Gasteiger partial charge on any atom is -0.382 e. The van der Waals surface area contributed by atoms with Crippen LogP contribution in [0.2, 0.25) is 0 Å². The van der Waals surface area contributed by atoms with E-state index in [9.17, 15) is 0 Å². The van der Waals surface area contributed by atoms with Gasteiger partial charge in [0, 0.05) is 65.1 Å². The van der Waals surface area contributed by atoms with Gasteiger partial charge in [0.2, 0.25) is 0 Å². The first-order chi connectivity index (χ1) is 14.3. The Morgan fingerprint density at radius 3 is 2.87 bits per heavy atom. The van der Waals surface area contributed by atoms with Gasteiger partial charge < -0.3 is 24.3 Å². The zero-order chi connectivity index (χ0) is 20.3. The Morgan fingerprint density at radius 1 is 1.27 bits per heavy atom. The number of halogens is 1. The van der Waals surface area contributed by atoms with E-state index < -0.39 is 0 Å². The zero-order valence-electron chi connectivity index (χ0n) is 18.0. The maximum absolute atomic E-state index is 5.69. The molecule has 1 N–H and O–H groups in total. The second-order valence-electron chi connectivity index (χ2n) is 7.35. The number of rotatable bonds is 10. The van der Waals surface area contributed by atoms with Gasteiger partial charge in [0.25, 0.3) is 0 Å². The van der Waals surface area contributed by atoms with Crippen LogP contribution >= 0.6 is 24.0 Å². The molecule has 30 heavy (non-hydrogen) atoms. The van der Waals surface area contributed by atoms with Crippen molar-refractivity contribution < 1.29 is 9.47 Å². The number of nitrogens with zero attached hydrogens (tertiary/aromatic N) is 4. The van der Waals surface area contributed by atoms with Gasteiger partial charge in [-0.1, -0.05) is 30.3 Å². The van der Waals surface area contributed by atoms with Crippen molar-refractivity contribution >= 4 is 29.9 Å². The Hall–Kier alpha value is -1.65. The molecule has 1 aromatic carbocycles. The van der Waals surface area contributed by atoms with E-state index in [1.54, 1.807) is 7.11 Å². The largest absolute Gasteiger partial charge is 0.382 e. The molecule has 1 saturated heterocycles. The molecule has 0 saturated carbocycles. The summed E-state index contributed by atoms with van der Waals surface area (Å²) in [5.74, 6) is 2.60. The molecule has 0 bridgehead atoms. The predicted octanol–water partition coefficient (Wildman–Crippen LogP) is 2.65. The Bertz CT molecular complexity index is 753. The number of methoxy groups -OCH3 is 1. The molecule has 166 valence electrons. The van der Waals surface area contributed by atoms with Crippen LogP contribution in [0.4, 0.5) is 0 Å². The summed E-state index contributed by atoms with van der Waals surface area (Å²) < 4.78 is 12.9. The van der Waals surface area contributed by atoms with E-state index in [4.69, 9.17) is 9.47 Å². The van der Waals surface area contributed by atoms with Gasteiger partial charge in [-0.05, 0) is 12.0 Å². The van der Waals surface area contributed by atoms with E-state index in [2.05, 4.69) is 49.0 Å². The van der Waals surface area contributed by atoms with Crippen LogP contribution in [-0.4, -0.2) is 74.0 Å². The summed E-state index contributed by atoms with van der Waals surface area (Å²) in [6.45, 7) is 5.75. The topological polar surface area (TPSA) is 63.9 Å². The summed E-state index contributed by atoms with van der Waals surface area (Å²) >= 11 is 0. The lowest BCUT2D eigenvalue weighted by Gasteiger charge is -2.21. The van der Waals surface area contributed by atoms with Crippen molar-refractivity contribution in [1.29, 1.82) is 0 Å². The molecule has 1 unspecified atom stereocenters. The highest BCUT2D eigenvalue weighted by atomic mass is 127. The monoisotopic (exact) mass is 527 g/mol. The van der Waals surface area contributed by atoms with Crippen LogP contribution in [0.15, 0.2) is 47.7 Å². The predicted molar refractivity (Wildman–Crippen MR) is 131 cm³/mol. The lowest BCUT2D eigenvalue weighted by Crippen LogP contribution is -2.41. The minimum atomic E-state index is 0. The Labute approximate surface area is 196 Å². The molecule has 0 radical (unpaired) electrons. The van der Waals surface area contributed by atoms with Crippen molar-refractivity contribution in [2.24, 2.45) is 10.9 Å². The first-order valence-electron chi connectivity index (χ1n) is 10.4. The van der Waals surface area contributed by atoms with Gasteiger partial charge in [0.1, 0.15) is 5.82 Å². The zero-order valence-corrected chi connectivity index (χ0v) is 20.3. The third-order valence-corrected chi connectivity index (χ3v) is 5.21. The highest BCUT2D eigenvalue weighted by Crippen LogP contribution is 2.16. The summed E-state index contributed by atoms with van der Waals surface area (Å²) in [6.07, 6.45) is 5.92. The Morgan fingerprint density at radius 2 is 2.10 bits per heavy atom. The van der Waals surface area contributed by atoms with Crippen molar-refractivity contribution in [2.45, 2.75) is 19.4 Å². The standard InChI is InChI=1S/C22H33N5O2.HI/c1-23-22(27-12-9-20(17-27)18-29-15-14-28-2)25-10-8-21-24-11-13-26(21)16-19-6-4-3-5-7-19;/h3-7,11,13,20H,8-10,12,14-18H2,1-2H3,(H,23,25);1H. The van der Waals surface area contributed by atoms with E-state index >= 15 is 0 Å². The minimum absolute atomic E-state index is 0. The molecule has 8 heteroatoms. The van der Waals surface area contributed by atoms with Gasteiger partial charge in [-0.3, -0.25) is 4.99 Å². The van der Waals surface area contributed by atoms with Crippen molar-refractivity contribution in [3.8, 4) is 0 Å². The number of ether oxygens (including phenoxy) is 2. The summed E-state index contributed by atoms with van der Waals surface area (Å²) in [6, 6.07) is 10.5. The number of guanidine groups is 1. The molecule has 1 fully saturated rings. The first kappa shape index (κ1) is 24.6. The van der Waals surface area contributed by atoms with E-state index in [-0.39, 0.29) is 24.0 Å². The number of hydrogen-bond donors (Lipinski definition) is 1. The molecule has 7 nitrogen and oxygen atoms in total. The number of nitrogens with one attached hydrogen (secondary N) is 1. The molecule has 1 aromatic heterocycles. The molecule has 1 aliphatic rings. The third-order valence-electron chi connectivity index (χ3n) is 5.21. The van der Waals surface area contributed by atoms with Gasteiger partial charge in [-0.15, -0.1) is 24.0 Å². The molecule has 2 heterocycles. The van der Waals surface area contributed by atoms with Crippen LogP contribution in [-0.2, 0) is 22.4 Å². The second kappa shape index (κ2) is 13.6. The highest BCUT2D eigenvalue weighted by Gasteiger charge is 2.24. The lowest BCUT2D eigenvalue weighted by atomic mass is 10.1. The quantitative estimate of drug-likeness (QED) is 0.223. The Balaban J connectivity index is 0.00000320. The van der Waals surface area contributed by atoms with Crippen molar-refractivity contribution in [3.63, 3.8) is 0 Å². The molecule has 2 aromatic rings. The van der Waals surface area contributed by atoms with Crippen molar-refractivity contribution in [3.05, 3.63) is 54.1 Å². The highest BCUT2D eigenvalue weighted by molar-refractivity contribution is 14.0. The third kappa shape index (κ3) is 7.55. The van der Waals surface area contributed by atoms with Crippen LogP contribution < -0.4 is 5.32 Å². The van der Waals surface area contributed by atoms with Gasteiger partial charge >= 0.3 is 0 Å². The van der Waals surface area contributed by atoms with Gasteiger partial charge in [0.15, 0.2) is 5.96 Å². The number of aromatic nitrogens is 2. The van der Waals surface area contributed by atoms with E-state index in [1.165, 1.54) is 5.56 Å². The lowest BCUT2D eigenvalue weighted by molar-refractivity contribution is 0.0536. The van der Waals surface area contributed by atoms with Gasteiger partial charge in [-0.25, -0.2) is 4.98 Å². The molecule has 1 atom stereocenters. The Kier molecular flexibility index (Phi) is 11.2. The normalized spacial score (nSPS) is 16.5. The fourth-order valence-corrected chi connectivity index (χ4v) is 3.66. The molecule has 0 spiro atoms. The van der Waals surface area contributed by atoms with Crippen LogP contribution in [0, 0.1) is 5.92 Å². The van der Waals surface area contributed by atoms with Crippen molar-refractivity contribution in [2.75, 3.05) is 53.6 Å². The fraction of sp³-hybridized carbons (Fsp3) is 0.545. The number of aliphatic imine (C=N–C) groups is 1. The second-order valence-corrected chi connectivity index (χ2v) is 7.35. The van der Waals surface area contributed by atoms with Crippen LogP contribution in [0.5, 0.6) is 0 Å². The molecule has 1 aliphatic heterocycles. The van der Waals surface area contributed by atoms with E-state index in [0.717, 1.165) is 57.4 Å². The average Bonchev–Trinajstić information content (AvgIpc) is 3.39. The van der Waals surface area contributed by atoms with Gasteiger partial charge in [0.05, 0.1) is 19.8 Å². The number of benzene rings is 1. The van der Waals surface area contributed by atoms with E-state index in [1.807, 2.05) is 25.5 Å². The number of hydrogen-bond acceptors (Lipinski definition) is 4. The molecule has 0 amide bonds. The van der Waals surface area contributed by atoms with Gasteiger partial charge in [-0.2, -0.15) is 0 Å². The summed E-state index contributed by atoms with van der Waals surface area (Å²) in [5, 5.41) is 3.50. The molecular formula is C22H34IN5O2. The molecule has 3 rings (SSSR count). The number of imidazole rings is 1. The maximum Gasteiger partial charge on any atom is 0.193 e. The summed E-state index contributed by atoms with van der Waals surface area (Å²) in [7, 11) is 3.55. The number of likely N-dealkylation sites (tertiary alicyclic amines) is 1. The van der Waals surface area contributed by atoms with Crippen molar-refractivity contribution in [1.82, 2.24) is 19.8 Å². The summed E-state index contributed by atoms with van der Waals surface area (Å²) in [5.41, 5.74) is 1.28. The fourth-order valence-electron chi connectivity index (χ4n) is 3.66. The maximum atomic E-state index is 5.69. The van der Waals surface area contributed by atoms with Crippen LogP contribution in [0.3, 0.4) is 0 Å². The smallest absolute Gasteiger partial charge is 0.193 e. The first-order valence-corrected chi connectivity index (χ1v) is 10.4. The summed E-state index contributed by atoms with van der Waals surface area (Å²) in [4.78, 5) is 11.3. The average molecular weight is 527 g/mol. The van der Waals surface area contributed by atoms with E-state index in [0.29, 0.717) is 19.1 Å². The van der Waals surface area contributed by atoms with Crippen LogP contribution in [0.25, 0.3) is 0 Å². The molecule has 0 aliphatic carbocycles. The van der Waals surface area contributed by atoms with Crippen LogP contribution in [0.1, 0.15) is 17.8 Å². The molecular weight excluding hydrogens is 493 g/mol.